The third-order valence-electron chi connectivity index (χ3n) is 4.80. The normalized spacial score (nSPS) is 11.2. The van der Waals surface area contributed by atoms with Gasteiger partial charge in [0.05, 0.1) is 17.7 Å². The number of hydrogen-bond donors (Lipinski definition) is 3. The lowest BCUT2D eigenvalue weighted by molar-refractivity contribution is 0.102. The SMILES string of the molecule is Cc1cc(C)nc(Nc2cccc(C(=O)Nc3ccc(S(=O)(=O)NCc4ccco4)cc3)c2)n1. The molecule has 0 unspecified atom stereocenters. The van der Waals surface area contributed by atoms with E-state index in [-0.39, 0.29) is 17.3 Å². The molecule has 0 aliphatic heterocycles. The zero-order valence-electron chi connectivity index (χ0n) is 18.6. The van der Waals surface area contributed by atoms with E-state index in [1.165, 1.54) is 30.5 Å². The summed E-state index contributed by atoms with van der Waals surface area (Å²) in [6.45, 7) is 3.82. The summed E-state index contributed by atoms with van der Waals surface area (Å²) >= 11 is 0. The van der Waals surface area contributed by atoms with Crippen molar-refractivity contribution in [2.75, 3.05) is 10.6 Å². The Balaban J connectivity index is 1.41. The van der Waals surface area contributed by atoms with Crippen molar-refractivity contribution < 1.29 is 17.6 Å². The van der Waals surface area contributed by atoms with Crippen LogP contribution < -0.4 is 15.4 Å². The lowest BCUT2D eigenvalue weighted by atomic mass is 10.2. The first kappa shape index (κ1) is 23.1. The second kappa shape index (κ2) is 9.86. The molecule has 0 atom stereocenters. The van der Waals surface area contributed by atoms with Gasteiger partial charge in [-0.2, -0.15) is 0 Å². The van der Waals surface area contributed by atoms with Crippen LogP contribution in [0.4, 0.5) is 17.3 Å². The molecule has 1 amide bonds. The van der Waals surface area contributed by atoms with Crippen LogP contribution in [0.15, 0.2) is 82.3 Å². The zero-order chi connectivity index (χ0) is 24.1. The molecule has 34 heavy (non-hydrogen) atoms. The van der Waals surface area contributed by atoms with E-state index in [1.54, 1.807) is 30.3 Å². The molecule has 2 heterocycles. The number of furan rings is 1. The summed E-state index contributed by atoms with van der Waals surface area (Å²) in [7, 11) is -3.72. The minimum atomic E-state index is -3.72. The van der Waals surface area contributed by atoms with Crippen molar-refractivity contribution in [3.8, 4) is 0 Å². The van der Waals surface area contributed by atoms with Crippen molar-refractivity contribution in [2.45, 2.75) is 25.3 Å². The highest BCUT2D eigenvalue weighted by atomic mass is 32.2. The Kier molecular flexibility index (Phi) is 6.71. The second-order valence-corrected chi connectivity index (χ2v) is 9.33. The van der Waals surface area contributed by atoms with Gasteiger partial charge < -0.3 is 15.1 Å². The first-order valence-electron chi connectivity index (χ1n) is 10.4. The Labute approximate surface area is 197 Å². The third-order valence-corrected chi connectivity index (χ3v) is 6.22. The summed E-state index contributed by atoms with van der Waals surface area (Å²) in [6.07, 6.45) is 1.48. The van der Waals surface area contributed by atoms with Gasteiger partial charge in [0.2, 0.25) is 16.0 Å². The molecule has 9 nitrogen and oxygen atoms in total. The standard InChI is InChI=1S/C24H23N5O4S/c1-16-13-17(2)27-24(26-16)29-20-6-3-5-18(14-20)23(30)28-19-8-10-22(11-9-19)34(31,32)25-15-21-7-4-12-33-21/h3-14,25H,15H2,1-2H3,(H,28,30)(H,26,27,29). The van der Waals surface area contributed by atoms with Gasteiger partial charge in [-0.3, -0.25) is 4.79 Å². The number of hydrogen-bond acceptors (Lipinski definition) is 7. The van der Waals surface area contributed by atoms with Gasteiger partial charge >= 0.3 is 0 Å². The molecule has 0 aliphatic rings. The molecule has 4 aromatic rings. The molecule has 0 saturated carbocycles. The van der Waals surface area contributed by atoms with Crippen LogP contribution in [0.5, 0.6) is 0 Å². The number of aromatic nitrogens is 2. The summed E-state index contributed by atoms with van der Waals surface area (Å²) < 4.78 is 32.5. The lowest BCUT2D eigenvalue weighted by Gasteiger charge is -2.10. The summed E-state index contributed by atoms with van der Waals surface area (Å²) in [5, 5.41) is 5.88. The van der Waals surface area contributed by atoms with Gasteiger partial charge in [-0.05, 0) is 74.5 Å². The van der Waals surface area contributed by atoms with Crippen molar-refractivity contribution in [2.24, 2.45) is 0 Å². The number of nitrogens with zero attached hydrogens (tertiary/aromatic N) is 2. The quantitative estimate of drug-likeness (QED) is 0.348. The minimum Gasteiger partial charge on any atom is -0.468 e. The Bertz CT molecular complexity index is 1380. The van der Waals surface area contributed by atoms with E-state index in [2.05, 4.69) is 25.3 Å². The number of benzene rings is 2. The molecule has 2 aromatic heterocycles. The van der Waals surface area contributed by atoms with E-state index in [4.69, 9.17) is 4.42 Å². The van der Waals surface area contributed by atoms with E-state index in [0.29, 0.717) is 28.6 Å². The first-order chi connectivity index (χ1) is 16.3. The molecule has 2 aromatic carbocycles. The predicted molar refractivity (Wildman–Crippen MR) is 128 cm³/mol. The minimum absolute atomic E-state index is 0.0470. The largest absolute Gasteiger partial charge is 0.468 e. The third kappa shape index (κ3) is 5.85. The molecule has 0 spiro atoms. The molecule has 0 radical (unpaired) electrons. The van der Waals surface area contributed by atoms with E-state index in [9.17, 15) is 13.2 Å². The fourth-order valence-corrected chi connectivity index (χ4v) is 4.23. The Hall–Kier alpha value is -4.02. The van der Waals surface area contributed by atoms with Gasteiger partial charge in [-0.1, -0.05) is 6.07 Å². The number of carbonyl (C=O) groups is 1. The Morgan fingerprint density at radius 1 is 0.912 bits per heavy atom. The lowest BCUT2D eigenvalue weighted by Crippen LogP contribution is -2.23. The number of aryl methyl sites for hydroxylation is 2. The molecular weight excluding hydrogens is 454 g/mol. The van der Waals surface area contributed by atoms with Crippen LogP contribution in [0.25, 0.3) is 0 Å². The van der Waals surface area contributed by atoms with Gasteiger partial charge in [0.1, 0.15) is 5.76 Å². The molecule has 10 heteroatoms. The molecule has 4 rings (SSSR count). The van der Waals surface area contributed by atoms with E-state index >= 15 is 0 Å². The average molecular weight is 478 g/mol. The van der Waals surface area contributed by atoms with E-state index < -0.39 is 10.0 Å². The van der Waals surface area contributed by atoms with Crippen LogP contribution in [0.2, 0.25) is 0 Å². The second-order valence-electron chi connectivity index (χ2n) is 7.56. The predicted octanol–water partition coefficient (Wildman–Crippen LogP) is 4.16. The van der Waals surface area contributed by atoms with E-state index in [0.717, 1.165) is 11.4 Å². The summed E-state index contributed by atoms with van der Waals surface area (Å²) in [5.74, 6) is 0.623. The average Bonchev–Trinajstić information content (AvgIpc) is 3.31. The van der Waals surface area contributed by atoms with Crippen molar-refractivity contribution >= 4 is 33.3 Å². The van der Waals surface area contributed by atoms with Gasteiger partial charge in [0.15, 0.2) is 0 Å². The number of rotatable bonds is 8. The van der Waals surface area contributed by atoms with Crippen molar-refractivity contribution in [3.63, 3.8) is 0 Å². The summed E-state index contributed by atoms with van der Waals surface area (Å²) in [5.41, 5.74) is 3.23. The monoisotopic (exact) mass is 477 g/mol. The molecule has 0 fully saturated rings. The van der Waals surface area contributed by atoms with Crippen molar-refractivity contribution in [1.29, 1.82) is 0 Å². The number of carbonyl (C=O) groups excluding carboxylic acids is 1. The van der Waals surface area contributed by atoms with Crippen LogP contribution in [-0.2, 0) is 16.6 Å². The van der Waals surface area contributed by atoms with Crippen LogP contribution in [0.1, 0.15) is 27.5 Å². The highest BCUT2D eigenvalue weighted by molar-refractivity contribution is 7.89. The van der Waals surface area contributed by atoms with Crippen LogP contribution >= 0.6 is 0 Å². The number of amides is 1. The van der Waals surface area contributed by atoms with Crippen LogP contribution in [-0.4, -0.2) is 24.3 Å². The highest BCUT2D eigenvalue weighted by Crippen LogP contribution is 2.19. The van der Waals surface area contributed by atoms with E-state index in [1.807, 2.05) is 26.0 Å². The van der Waals surface area contributed by atoms with Crippen LogP contribution in [0, 0.1) is 13.8 Å². The number of sulfonamides is 1. The van der Waals surface area contributed by atoms with Gasteiger partial charge in [-0.15, -0.1) is 0 Å². The van der Waals surface area contributed by atoms with Crippen molar-refractivity contribution in [1.82, 2.24) is 14.7 Å². The van der Waals surface area contributed by atoms with Gasteiger partial charge in [0.25, 0.3) is 5.91 Å². The highest BCUT2D eigenvalue weighted by Gasteiger charge is 2.15. The topological polar surface area (TPSA) is 126 Å². The molecular formula is C24H23N5O4S. The molecule has 0 saturated heterocycles. The first-order valence-corrected chi connectivity index (χ1v) is 11.9. The van der Waals surface area contributed by atoms with Crippen molar-refractivity contribution in [3.05, 3.63) is 95.7 Å². The fourth-order valence-electron chi connectivity index (χ4n) is 3.23. The summed E-state index contributed by atoms with van der Waals surface area (Å²) in [4.78, 5) is 21.5. The number of nitrogens with one attached hydrogen (secondary N) is 3. The van der Waals surface area contributed by atoms with Gasteiger partial charge in [0, 0.05) is 28.3 Å². The molecule has 174 valence electrons. The zero-order valence-corrected chi connectivity index (χ0v) is 19.4. The molecule has 0 bridgehead atoms. The number of anilines is 3. The summed E-state index contributed by atoms with van der Waals surface area (Å²) in [6, 6.07) is 18.1. The maximum atomic E-state index is 12.7. The fraction of sp³-hybridized carbons (Fsp3) is 0.125. The smallest absolute Gasteiger partial charge is 0.255 e. The Morgan fingerprint density at radius 3 is 2.32 bits per heavy atom. The Morgan fingerprint density at radius 2 is 1.65 bits per heavy atom. The van der Waals surface area contributed by atoms with Crippen LogP contribution in [0.3, 0.4) is 0 Å². The molecule has 3 N–H and O–H groups in total. The maximum Gasteiger partial charge on any atom is 0.255 e. The maximum absolute atomic E-state index is 12.7. The molecule has 0 aliphatic carbocycles. The van der Waals surface area contributed by atoms with Gasteiger partial charge in [-0.25, -0.2) is 23.1 Å².